The second kappa shape index (κ2) is 25.0. The lowest BCUT2D eigenvalue weighted by Crippen LogP contribution is -2.00. The van der Waals surface area contributed by atoms with Crippen LogP contribution in [0.15, 0.2) is 332 Å². The highest BCUT2D eigenvalue weighted by Gasteiger charge is 2.24. The van der Waals surface area contributed by atoms with Gasteiger partial charge >= 0.3 is 0 Å². The molecule has 22 aromatic rings. The van der Waals surface area contributed by atoms with Gasteiger partial charge in [-0.15, -0.1) is 34.0 Å². The molecule has 8 heterocycles. The summed E-state index contributed by atoms with van der Waals surface area (Å²) in [5.74, 6) is 3.46. The number of furan rings is 1. The summed E-state index contributed by atoms with van der Waals surface area (Å²) in [6.07, 6.45) is 0. The van der Waals surface area contributed by atoms with Gasteiger partial charge in [-0.1, -0.05) is 261 Å². The highest BCUT2D eigenvalue weighted by atomic mass is 32.1. The smallest absolute Gasteiger partial charge is 0.165 e. The molecular formula is C96H54N8OS3. The Balaban J connectivity index is 0.678. The average Bonchev–Trinajstić information content (AvgIpc) is 1.57. The second-order valence-corrected chi connectivity index (χ2v) is 30.4. The van der Waals surface area contributed by atoms with Crippen LogP contribution in [0.2, 0.25) is 0 Å². The molecule has 14 aromatic carbocycles. The van der Waals surface area contributed by atoms with E-state index < -0.39 is 0 Å². The van der Waals surface area contributed by atoms with Crippen molar-refractivity contribution in [2.45, 2.75) is 0 Å². The van der Waals surface area contributed by atoms with E-state index in [1.54, 1.807) is 34.0 Å². The van der Waals surface area contributed by atoms with Gasteiger partial charge in [0.15, 0.2) is 34.9 Å². The van der Waals surface area contributed by atoms with Crippen LogP contribution in [0.3, 0.4) is 0 Å². The molecule has 9 nitrogen and oxygen atoms in total. The number of hydrogen-bond acceptors (Lipinski definition) is 12. The summed E-state index contributed by atoms with van der Waals surface area (Å²) in [7, 11) is 0. The van der Waals surface area contributed by atoms with Gasteiger partial charge in [0, 0.05) is 123 Å². The van der Waals surface area contributed by atoms with Gasteiger partial charge in [0.2, 0.25) is 0 Å². The van der Waals surface area contributed by atoms with Gasteiger partial charge in [-0.2, -0.15) is 0 Å². The predicted molar refractivity (Wildman–Crippen MR) is 450 cm³/mol. The maximum absolute atomic E-state index is 6.53. The first-order valence-corrected chi connectivity index (χ1v) is 38.3. The quantitative estimate of drug-likeness (QED) is 0.125. The lowest BCUT2D eigenvalue weighted by molar-refractivity contribution is 0.670. The molecular weight excluding hydrogens is 1380 g/mol. The van der Waals surface area contributed by atoms with E-state index in [1.807, 2.05) is 30.3 Å². The third-order valence-electron chi connectivity index (χ3n) is 20.8. The number of aromatic nitrogens is 8. The Kier molecular flexibility index (Phi) is 14.3. The van der Waals surface area contributed by atoms with E-state index >= 15 is 0 Å². The fraction of sp³-hybridized carbons (Fsp3) is 0. The maximum atomic E-state index is 6.53. The van der Waals surface area contributed by atoms with Crippen LogP contribution in [0.4, 0.5) is 0 Å². The molecule has 0 amide bonds. The summed E-state index contributed by atoms with van der Waals surface area (Å²) in [5.41, 5.74) is 18.8. The molecule has 22 rings (SSSR count). The van der Waals surface area contributed by atoms with Crippen LogP contribution in [0, 0.1) is 0 Å². The molecule has 8 aromatic heterocycles. The normalized spacial score (nSPS) is 11.9. The van der Waals surface area contributed by atoms with Crippen LogP contribution in [-0.2, 0) is 0 Å². The highest BCUT2D eigenvalue weighted by molar-refractivity contribution is 7.27. The number of pyridine rings is 2. The molecule has 0 aliphatic heterocycles. The zero-order valence-corrected chi connectivity index (χ0v) is 59.8. The van der Waals surface area contributed by atoms with Crippen molar-refractivity contribution in [2.75, 3.05) is 0 Å². The van der Waals surface area contributed by atoms with Crippen molar-refractivity contribution in [3.63, 3.8) is 0 Å². The van der Waals surface area contributed by atoms with Gasteiger partial charge in [0.25, 0.3) is 0 Å². The van der Waals surface area contributed by atoms with Crippen molar-refractivity contribution < 1.29 is 4.42 Å². The summed E-state index contributed by atoms with van der Waals surface area (Å²) in [5, 5.41) is 11.7. The van der Waals surface area contributed by atoms with Crippen molar-refractivity contribution in [1.29, 1.82) is 0 Å². The molecule has 12 heteroatoms. The third kappa shape index (κ3) is 10.4. The van der Waals surface area contributed by atoms with E-state index in [9.17, 15) is 0 Å². The summed E-state index contributed by atoms with van der Waals surface area (Å²) >= 11 is 5.35. The Morgan fingerprint density at radius 1 is 0.204 bits per heavy atom. The summed E-state index contributed by atoms with van der Waals surface area (Å²) in [6, 6.07) is 115. The number of para-hydroxylation sites is 4. The number of fused-ring (bicyclic) bond motifs is 16. The number of rotatable bonds is 11. The van der Waals surface area contributed by atoms with Crippen LogP contribution < -0.4 is 0 Å². The number of hydrogen-bond donors (Lipinski definition) is 0. The van der Waals surface area contributed by atoms with Gasteiger partial charge in [0.1, 0.15) is 11.2 Å². The van der Waals surface area contributed by atoms with Crippen LogP contribution in [-0.4, -0.2) is 39.9 Å². The Morgan fingerprint density at radius 3 is 1.16 bits per heavy atom. The first-order valence-electron chi connectivity index (χ1n) is 35.8. The minimum atomic E-state index is 0.541. The van der Waals surface area contributed by atoms with Crippen LogP contribution in [0.25, 0.3) is 228 Å². The number of thiophene rings is 3. The molecule has 0 spiro atoms. The fourth-order valence-electron chi connectivity index (χ4n) is 15.6. The second-order valence-electron chi connectivity index (χ2n) is 27.2. The van der Waals surface area contributed by atoms with Crippen molar-refractivity contribution >= 4 is 138 Å². The Bertz CT molecular complexity index is 7430. The molecule has 0 fully saturated rings. The largest absolute Gasteiger partial charge is 0.455 e. The zero-order chi connectivity index (χ0) is 70.9. The first kappa shape index (κ1) is 61.8. The Hall–Kier alpha value is -13.6. The molecule has 0 aliphatic rings. The van der Waals surface area contributed by atoms with E-state index in [-0.39, 0.29) is 0 Å². The zero-order valence-electron chi connectivity index (χ0n) is 57.4. The standard InChI is InChI=1S/C96H54N8OS3/c1-2-19-58(20-3-1)91-99-94(104-96(103-91)76-32-18-31-71-69-24-7-13-36-80(69)106-88(71)76)60-47-41-56(42-48-60)65-52-64(53-66(54-65)86-90-84(73-26-5-11-34-78(73)98-86)75-28-9-15-38-82(75)108-90)55-39-45-59(46-40-55)92-100-93(61-49-43-57(44-50-61)67-29-17-30-70-68-23-6-12-35-79(68)105-87(67)70)102-95(101-92)63-22-16-21-62(51-63)85-89-83(72-25-4-10-33-77(72)97-85)74-27-8-14-37-81(74)107-89/h1-54H. The van der Waals surface area contributed by atoms with Gasteiger partial charge < -0.3 is 4.42 Å². The van der Waals surface area contributed by atoms with Gasteiger partial charge in [-0.05, 0) is 94.5 Å². The van der Waals surface area contributed by atoms with E-state index in [1.165, 1.54) is 46.4 Å². The maximum Gasteiger partial charge on any atom is 0.165 e. The number of nitrogens with zero attached hydrogens (tertiary/aromatic N) is 8. The molecule has 0 bridgehead atoms. The summed E-state index contributed by atoms with van der Waals surface area (Å²) in [4.78, 5) is 42.8. The molecule has 0 atom stereocenters. The van der Waals surface area contributed by atoms with E-state index in [0.29, 0.717) is 34.9 Å². The molecule has 0 saturated carbocycles. The van der Waals surface area contributed by atoms with Crippen molar-refractivity contribution in [3.05, 3.63) is 328 Å². The van der Waals surface area contributed by atoms with E-state index in [2.05, 4.69) is 297 Å². The minimum Gasteiger partial charge on any atom is -0.455 e. The monoisotopic (exact) mass is 1430 g/mol. The molecule has 108 heavy (non-hydrogen) atoms. The van der Waals surface area contributed by atoms with E-state index in [4.69, 9.17) is 44.3 Å². The lowest BCUT2D eigenvalue weighted by Gasteiger charge is -2.14. The predicted octanol–water partition coefficient (Wildman–Crippen LogP) is 26.5. The highest BCUT2D eigenvalue weighted by Crippen LogP contribution is 2.48. The van der Waals surface area contributed by atoms with Crippen LogP contribution in [0.5, 0.6) is 0 Å². The van der Waals surface area contributed by atoms with E-state index in [0.717, 1.165) is 147 Å². The Morgan fingerprint density at radius 2 is 0.574 bits per heavy atom. The molecule has 0 saturated heterocycles. The van der Waals surface area contributed by atoms with Crippen LogP contribution in [0.1, 0.15) is 0 Å². The van der Waals surface area contributed by atoms with Crippen molar-refractivity contribution in [1.82, 2.24) is 39.9 Å². The van der Waals surface area contributed by atoms with Crippen LogP contribution >= 0.6 is 34.0 Å². The molecule has 0 unspecified atom stereocenters. The molecule has 502 valence electrons. The number of benzene rings is 14. The Labute approximate surface area is 629 Å². The van der Waals surface area contributed by atoms with Crippen molar-refractivity contribution in [2.24, 2.45) is 0 Å². The molecule has 0 aliphatic carbocycles. The lowest BCUT2D eigenvalue weighted by atomic mass is 9.93. The summed E-state index contributed by atoms with van der Waals surface area (Å²) in [6.45, 7) is 0. The van der Waals surface area contributed by atoms with Gasteiger partial charge in [-0.3, -0.25) is 0 Å². The first-order chi connectivity index (χ1) is 53.5. The molecule has 0 radical (unpaired) electrons. The third-order valence-corrected chi connectivity index (χ3v) is 24.4. The fourth-order valence-corrected chi connectivity index (χ4v) is 19.3. The van der Waals surface area contributed by atoms with Gasteiger partial charge in [0.05, 0.1) is 31.8 Å². The topological polar surface area (TPSA) is 116 Å². The molecule has 0 N–H and O–H groups in total. The van der Waals surface area contributed by atoms with Gasteiger partial charge in [-0.25, -0.2) is 39.9 Å². The van der Waals surface area contributed by atoms with Crippen molar-refractivity contribution in [3.8, 4) is 124 Å². The SMILES string of the molecule is c1ccc(-c2nc(-c3ccc(-c4cc(-c5ccc(-c6nc(-c7ccc(-c8cccc9c8oc8ccccc89)cc7)nc(-c7cccc(-c8nc9ccccc9c9c8sc8ccccc89)c7)n6)cc5)cc(-c5nc6ccccc6c6c5sc5ccccc56)c4)cc3)nc(-c3cccc4c3sc3ccccc34)n2)cc1. The summed E-state index contributed by atoms with van der Waals surface area (Å²) < 4.78 is 13.6. The minimum absolute atomic E-state index is 0.541. The average molecular weight is 1430 g/mol.